The highest BCUT2D eigenvalue weighted by atomic mass is 19.4. The Hall–Kier alpha value is -3.37. The van der Waals surface area contributed by atoms with Crippen molar-refractivity contribution in [1.82, 2.24) is 24.5 Å². The highest BCUT2D eigenvalue weighted by Gasteiger charge is 2.37. The minimum atomic E-state index is -4.65. The summed E-state index contributed by atoms with van der Waals surface area (Å²) in [6.45, 7) is 4.01. The second-order valence-electron chi connectivity index (χ2n) is 7.68. The number of hydrogen-bond acceptors (Lipinski definition) is 6. The summed E-state index contributed by atoms with van der Waals surface area (Å²) in [4.78, 5) is 21.9. The maximum absolute atomic E-state index is 12.9. The van der Waals surface area contributed by atoms with Crippen LogP contribution in [0.25, 0.3) is 5.78 Å². The van der Waals surface area contributed by atoms with Crippen LogP contribution in [0.1, 0.15) is 29.2 Å². The summed E-state index contributed by atoms with van der Waals surface area (Å²) < 4.78 is 51.5. The Morgan fingerprint density at radius 2 is 1.94 bits per heavy atom. The Morgan fingerprint density at radius 3 is 2.66 bits per heavy atom. The van der Waals surface area contributed by atoms with E-state index in [4.69, 9.17) is 9.47 Å². The lowest BCUT2D eigenvalue weighted by Crippen LogP contribution is -2.41. The van der Waals surface area contributed by atoms with Gasteiger partial charge < -0.3 is 14.4 Å². The Balaban J connectivity index is 1.41. The van der Waals surface area contributed by atoms with Crippen molar-refractivity contribution < 1.29 is 27.4 Å². The van der Waals surface area contributed by atoms with Gasteiger partial charge in [-0.1, -0.05) is 12.1 Å². The molecule has 0 saturated carbocycles. The average Bonchev–Trinajstić information content (AvgIpc) is 3.18. The van der Waals surface area contributed by atoms with Crippen LogP contribution in [0.15, 0.2) is 24.3 Å². The molecule has 0 aliphatic carbocycles. The van der Waals surface area contributed by atoms with E-state index in [1.807, 2.05) is 24.3 Å². The molecule has 0 bridgehead atoms. The summed E-state index contributed by atoms with van der Waals surface area (Å²) in [7, 11) is 1.68. The van der Waals surface area contributed by atoms with Gasteiger partial charge in [0.15, 0.2) is 17.6 Å². The van der Waals surface area contributed by atoms with Gasteiger partial charge in [0.2, 0.25) is 5.91 Å². The van der Waals surface area contributed by atoms with E-state index >= 15 is 0 Å². The third kappa shape index (κ3) is 4.32. The van der Waals surface area contributed by atoms with Gasteiger partial charge in [-0.3, -0.25) is 4.79 Å². The van der Waals surface area contributed by atoms with Gasteiger partial charge in [0.05, 0.1) is 6.54 Å². The molecule has 0 N–H and O–H groups in total. The van der Waals surface area contributed by atoms with E-state index in [9.17, 15) is 18.0 Å². The van der Waals surface area contributed by atoms with Crippen LogP contribution < -0.4 is 9.47 Å². The number of rotatable bonds is 5. The topological polar surface area (TPSA) is 81.9 Å². The van der Waals surface area contributed by atoms with Crippen LogP contribution in [0.4, 0.5) is 13.2 Å². The monoisotopic (exact) mass is 449 g/mol. The molecular weight excluding hydrogens is 427 g/mol. The van der Waals surface area contributed by atoms with Crippen LogP contribution in [0.3, 0.4) is 0 Å². The Bertz CT molecular complexity index is 1160. The zero-order chi connectivity index (χ0) is 23.0. The number of fused-ring (bicyclic) bond motifs is 2. The van der Waals surface area contributed by atoms with Crippen LogP contribution >= 0.6 is 0 Å². The molecule has 1 amide bonds. The van der Waals surface area contributed by atoms with Gasteiger partial charge in [-0.25, -0.2) is 9.50 Å². The maximum atomic E-state index is 12.9. The van der Waals surface area contributed by atoms with Crippen LogP contribution in [0, 0.1) is 13.8 Å². The van der Waals surface area contributed by atoms with Gasteiger partial charge in [0, 0.05) is 24.9 Å². The molecule has 3 heterocycles. The number of likely N-dealkylation sites (N-methyl/N-ethyl adjacent to an activating group) is 1. The number of halogens is 3. The number of aromatic nitrogens is 4. The Labute approximate surface area is 182 Å². The first-order valence-electron chi connectivity index (χ1n) is 10.1. The smallest absolute Gasteiger partial charge is 0.453 e. The molecule has 2 aromatic heterocycles. The van der Waals surface area contributed by atoms with Crippen molar-refractivity contribution in [3.8, 4) is 11.5 Å². The molecule has 0 saturated heterocycles. The van der Waals surface area contributed by atoms with Gasteiger partial charge in [0.1, 0.15) is 6.61 Å². The lowest BCUT2D eigenvalue weighted by molar-refractivity contribution is -0.144. The van der Waals surface area contributed by atoms with Gasteiger partial charge in [0.25, 0.3) is 11.6 Å². The molecule has 3 aromatic rings. The molecule has 0 spiro atoms. The number of carbonyl (C=O) groups excluding carboxylic acids is 1. The molecule has 0 radical (unpaired) electrons. The molecule has 1 atom stereocenters. The van der Waals surface area contributed by atoms with E-state index in [0.29, 0.717) is 48.0 Å². The van der Waals surface area contributed by atoms with E-state index in [1.54, 1.807) is 25.8 Å². The molecule has 170 valence electrons. The number of amides is 1. The Kier molecular flexibility index (Phi) is 5.66. The van der Waals surface area contributed by atoms with Crippen LogP contribution in [0.5, 0.6) is 11.5 Å². The van der Waals surface area contributed by atoms with E-state index < -0.39 is 12.0 Å². The number of hydrogen-bond donors (Lipinski definition) is 0. The van der Waals surface area contributed by atoms with E-state index in [-0.39, 0.29) is 24.2 Å². The van der Waals surface area contributed by atoms with Crippen LogP contribution in [-0.2, 0) is 17.4 Å². The van der Waals surface area contributed by atoms with Crippen molar-refractivity contribution in [3.05, 3.63) is 47.0 Å². The molecule has 32 heavy (non-hydrogen) atoms. The average molecular weight is 449 g/mol. The lowest BCUT2D eigenvalue weighted by Gasteiger charge is -2.29. The molecule has 1 aromatic carbocycles. The summed E-state index contributed by atoms with van der Waals surface area (Å²) in [5.41, 5.74) is 1.67. The van der Waals surface area contributed by atoms with Crippen molar-refractivity contribution in [2.45, 2.75) is 39.0 Å². The predicted octanol–water partition coefficient (Wildman–Crippen LogP) is 2.99. The van der Waals surface area contributed by atoms with Gasteiger partial charge in [-0.15, -0.1) is 5.10 Å². The number of ether oxygens (including phenoxy) is 2. The minimum Gasteiger partial charge on any atom is -0.486 e. The van der Waals surface area contributed by atoms with E-state index in [1.165, 1.54) is 0 Å². The van der Waals surface area contributed by atoms with Crippen LogP contribution in [0.2, 0.25) is 0 Å². The maximum Gasteiger partial charge on any atom is 0.453 e. The third-order valence-corrected chi connectivity index (χ3v) is 5.36. The first-order chi connectivity index (χ1) is 15.1. The van der Waals surface area contributed by atoms with Crippen molar-refractivity contribution in [1.29, 1.82) is 0 Å². The summed E-state index contributed by atoms with van der Waals surface area (Å²) >= 11 is 0. The number of carbonyl (C=O) groups is 1. The molecule has 4 rings (SSSR count). The van der Waals surface area contributed by atoms with Crippen LogP contribution in [-0.4, -0.2) is 56.7 Å². The number of benzene rings is 1. The molecule has 8 nitrogen and oxygen atoms in total. The quantitative estimate of drug-likeness (QED) is 0.596. The van der Waals surface area contributed by atoms with Crippen molar-refractivity contribution in [2.24, 2.45) is 0 Å². The number of para-hydroxylation sites is 2. The first kappa shape index (κ1) is 21.8. The summed E-state index contributed by atoms with van der Waals surface area (Å²) in [6.07, 6.45) is -4.47. The standard InChI is InChI=1S/C21H22F3N5O3/c1-12-15(13(2)29-20(25-12)26-19(27-29)21(22,23)24)8-9-18(30)28(3)10-14-11-31-16-6-4-5-7-17(16)32-14/h4-7,14H,8-11H2,1-3H3/t14-/m1/s1. The lowest BCUT2D eigenvalue weighted by atomic mass is 10.1. The van der Waals surface area contributed by atoms with Gasteiger partial charge in [-0.05, 0) is 38.0 Å². The fourth-order valence-electron chi connectivity index (χ4n) is 3.67. The predicted molar refractivity (Wildman–Crippen MR) is 108 cm³/mol. The first-order valence-corrected chi connectivity index (χ1v) is 10.1. The number of nitrogens with zero attached hydrogens (tertiary/aromatic N) is 5. The second-order valence-corrected chi connectivity index (χ2v) is 7.68. The third-order valence-electron chi connectivity index (χ3n) is 5.36. The molecule has 1 aliphatic heterocycles. The zero-order valence-electron chi connectivity index (χ0n) is 17.8. The van der Waals surface area contributed by atoms with Crippen molar-refractivity contribution in [2.75, 3.05) is 20.2 Å². The Morgan fingerprint density at radius 1 is 1.22 bits per heavy atom. The van der Waals surface area contributed by atoms with Gasteiger partial charge >= 0.3 is 6.18 Å². The van der Waals surface area contributed by atoms with Gasteiger partial charge in [-0.2, -0.15) is 18.2 Å². The highest BCUT2D eigenvalue weighted by molar-refractivity contribution is 5.76. The van der Waals surface area contributed by atoms with E-state index in [0.717, 1.165) is 4.52 Å². The largest absolute Gasteiger partial charge is 0.486 e. The summed E-state index contributed by atoms with van der Waals surface area (Å²) in [5, 5.41) is 3.54. The van der Waals surface area contributed by atoms with Crippen molar-refractivity contribution in [3.63, 3.8) is 0 Å². The van der Waals surface area contributed by atoms with E-state index in [2.05, 4.69) is 15.1 Å². The normalized spacial score (nSPS) is 15.8. The molecule has 0 fully saturated rings. The summed E-state index contributed by atoms with van der Waals surface area (Å²) in [5.74, 6) is -0.165. The molecular formula is C21H22F3N5O3. The van der Waals surface area contributed by atoms with Crippen molar-refractivity contribution >= 4 is 11.7 Å². The molecule has 0 unspecified atom stereocenters. The number of aryl methyl sites for hydroxylation is 2. The molecule has 1 aliphatic rings. The SMILES string of the molecule is Cc1nc2nc(C(F)(F)F)nn2c(C)c1CCC(=O)N(C)C[C@@H]1COc2ccccc2O1. The highest BCUT2D eigenvalue weighted by Crippen LogP contribution is 2.31. The number of alkyl halides is 3. The fraction of sp³-hybridized carbons (Fsp3) is 0.429. The fourth-order valence-corrected chi connectivity index (χ4v) is 3.67. The second kappa shape index (κ2) is 8.29. The summed E-state index contributed by atoms with van der Waals surface area (Å²) in [6, 6.07) is 7.34. The molecule has 11 heteroatoms. The zero-order valence-corrected chi connectivity index (χ0v) is 17.8. The minimum absolute atomic E-state index is 0.116.